The molecule has 0 radical (unpaired) electrons. The van der Waals surface area contributed by atoms with Crippen molar-refractivity contribution in [1.82, 2.24) is 4.98 Å². The summed E-state index contributed by atoms with van der Waals surface area (Å²) < 4.78 is 14.2. The molecule has 1 heterocycles. The maximum Gasteiger partial charge on any atom is 0.148 e. The second-order valence-corrected chi connectivity index (χ2v) is 6.43. The van der Waals surface area contributed by atoms with Crippen molar-refractivity contribution in [3.8, 4) is 0 Å². The molecule has 0 saturated heterocycles. The lowest BCUT2D eigenvalue weighted by molar-refractivity contribution is 0.614. The normalized spacial score (nSPS) is 12.5. The van der Waals surface area contributed by atoms with Crippen molar-refractivity contribution in [2.75, 3.05) is 17.3 Å². The second kappa shape index (κ2) is 6.43. The Hall–Kier alpha value is -1.62. The summed E-state index contributed by atoms with van der Waals surface area (Å²) >= 11 is 1.62. The Kier molecular flexibility index (Phi) is 4.83. The van der Waals surface area contributed by atoms with E-state index in [1.54, 1.807) is 17.4 Å². The maximum absolute atomic E-state index is 14.2. The summed E-state index contributed by atoms with van der Waals surface area (Å²) in [6, 6.07) is 5.68. The zero-order valence-electron chi connectivity index (χ0n) is 13.1. The summed E-state index contributed by atoms with van der Waals surface area (Å²) in [5.74, 6) is -0.204. The summed E-state index contributed by atoms with van der Waals surface area (Å²) in [5, 5.41) is 3.33. The Balaban J connectivity index is 2.15. The molecule has 0 saturated carbocycles. The predicted octanol–water partition coefficient (Wildman–Crippen LogP) is 4.61. The van der Waals surface area contributed by atoms with Crippen LogP contribution in [0.3, 0.4) is 0 Å². The van der Waals surface area contributed by atoms with Crippen LogP contribution >= 0.6 is 11.3 Å². The number of aromatic nitrogens is 1. The van der Waals surface area contributed by atoms with Crippen LogP contribution in [0, 0.1) is 12.7 Å². The van der Waals surface area contributed by atoms with E-state index in [0.29, 0.717) is 5.69 Å². The van der Waals surface area contributed by atoms with Crippen LogP contribution in [0.5, 0.6) is 0 Å². The summed E-state index contributed by atoms with van der Waals surface area (Å²) in [6.07, 6.45) is 0. The smallest absolute Gasteiger partial charge is 0.148 e. The van der Waals surface area contributed by atoms with Gasteiger partial charge in [-0.15, -0.1) is 11.3 Å². The molecule has 1 atom stereocenters. The molecule has 1 unspecified atom stereocenters. The van der Waals surface area contributed by atoms with E-state index in [9.17, 15) is 4.39 Å². The van der Waals surface area contributed by atoms with E-state index in [1.807, 2.05) is 50.4 Å². The van der Waals surface area contributed by atoms with Crippen molar-refractivity contribution in [3.05, 3.63) is 40.1 Å². The van der Waals surface area contributed by atoms with Crippen LogP contribution in [0.15, 0.2) is 23.7 Å². The van der Waals surface area contributed by atoms with Gasteiger partial charge in [0.05, 0.1) is 22.9 Å². The SMILES string of the molecule is Cc1ncsc1C(C)Nc1ccc(N(C)C(C)C)c(F)c1. The predicted molar refractivity (Wildman–Crippen MR) is 88.8 cm³/mol. The molecule has 0 aliphatic rings. The lowest BCUT2D eigenvalue weighted by atomic mass is 10.2. The van der Waals surface area contributed by atoms with Gasteiger partial charge in [-0.05, 0) is 45.9 Å². The van der Waals surface area contributed by atoms with Crippen LogP contribution in [0.1, 0.15) is 37.4 Å². The highest BCUT2D eigenvalue weighted by atomic mass is 32.1. The van der Waals surface area contributed by atoms with Gasteiger partial charge in [-0.3, -0.25) is 0 Å². The van der Waals surface area contributed by atoms with Crippen molar-refractivity contribution in [2.24, 2.45) is 0 Å². The van der Waals surface area contributed by atoms with E-state index in [2.05, 4.69) is 17.2 Å². The van der Waals surface area contributed by atoms with Crippen molar-refractivity contribution >= 4 is 22.7 Å². The van der Waals surface area contributed by atoms with E-state index in [0.717, 1.165) is 11.4 Å². The fraction of sp³-hybridized carbons (Fsp3) is 0.438. The third kappa shape index (κ3) is 3.53. The number of benzene rings is 1. The summed E-state index contributed by atoms with van der Waals surface area (Å²) in [7, 11) is 1.90. The lowest BCUT2D eigenvalue weighted by Crippen LogP contribution is -2.26. The number of aryl methyl sites for hydroxylation is 1. The van der Waals surface area contributed by atoms with Crippen LogP contribution in [-0.4, -0.2) is 18.1 Å². The molecule has 2 rings (SSSR count). The molecule has 1 aromatic carbocycles. The number of hydrogen-bond donors (Lipinski definition) is 1. The number of thiazole rings is 1. The van der Waals surface area contributed by atoms with E-state index >= 15 is 0 Å². The van der Waals surface area contributed by atoms with Crippen LogP contribution in [-0.2, 0) is 0 Å². The van der Waals surface area contributed by atoms with Crippen molar-refractivity contribution in [1.29, 1.82) is 0 Å². The van der Waals surface area contributed by atoms with Crippen molar-refractivity contribution in [2.45, 2.75) is 39.8 Å². The van der Waals surface area contributed by atoms with Gasteiger partial charge < -0.3 is 10.2 Å². The van der Waals surface area contributed by atoms with Crippen molar-refractivity contribution < 1.29 is 4.39 Å². The standard InChI is InChI=1S/C16H22FN3S/c1-10(2)20(5)15-7-6-13(8-14(15)17)19-12(4)16-11(3)18-9-21-16/h6-10,12,19H,1-5H3. The van der Waals surface area contributed by atoms with Gasteiger partial charge in [0.1, 0.15) is 5.82 Å². The first-order valence-electron chi connectivity index (χ1n) is 7.09. The fourth-order valence-corrected chi connectivity index (χ4v) is 3.01. The molecule has 5 heteroatoms. The molecule has 0 bridgehead atoms. The van der Waals surface area contributed by atoms with Crippen LogP contribution < -0.4 is 10.2 Å². The van der Waals surface area contributed by atoms with Gasteiger partial charge in [-0.25, -0.2) is 9.37 Å². The van der Waals surface area contributed by atoms with Crippen LogP contribution in [0.2, 0.25) is 0 Å². The zero-order valence-corrected chi connectivity index (χ0v) is 14.0. The topological polar surface area (TPSA) is 28.2 Å². The molecule has 21 heavy (non-hydrogen) atoms. The highest BCUT2D eigenvalue weighted by Gasteiger charge is 2.14. The van der Waals surface area contributed by atoms with E-state index in [-0.39, 0.29) is 17.9 Å². The Morgan fingerprint density at radius 3 is 2.52 bits per heavy atom. The van der Waals surface area contributed by atoms with Gasteiger partial charge in [0.25, 0.3) is 0 Å². The second-order valence-electron chi connectivity index (χ2n) is 5.54. The first kappa shape index (κ1) is 15.8. The molecule has 0 aliphatic carbocycles. The highest BCUT2D eigenvalue weighted by molar-refractivity contribution is 7.09. The number of anilines is 2. The van der Waals surface area contributed by atoms with Gasteiger partial charge in [-0.2, -0.15) is 0 Å². The first-order valence-corrected chi connectivity index (χ1v) is 7.97. The third-order valence-corrected chi connectivity index (χ3v) is 4.78. The lowest BCUT2D eigenvalue weighted by Gasteiger charge is -2.25. The van der Waals surface area contributed by atoms with Crippen molar-refractivity contribution in [3.63, 3.8) is 0 Å². The number of hydrogen-bond acceptors (Lipinski definition) is 4. The first-order chi connectivity index (χ1) is 9.90. The van der Waals surface area contributed by atoms with E-state index < -0.39 is 0 Å². The Morgan fingerprint density at radius 1 is 1.29 bits per heavy atom. The van der Waals surface area contributed by atoms with Gasteiger partial charge >= 0.3 is 0 Å². The summed E-state index contributed by atoms with van der Waals surface area (Å²) in [4.78, 5) is 7.36. The molecule has 2 aromatic rings. The largest absolute Gasteiger partial charge is 0.378 e. The van der Waals surface area contributed by atoms with Gasteiger partial charge in [-0.1, -0.05) is 0 Å². The van der Waals surface area contributed by atoms with Gasteiger partial charge in [0.15, 0.2) is 0 Å². The summed E-state index contributed by atoms with van der Waals surface area (Å²) in [6.45, 7) is 8.14. The quantitative estimate of drug-likeness (QED) is 0.874. The highest BCUT2D eigenvalue weighted by Crippen LogP contribution is 2.28. The van der Waals surface area contributed by atoms with E-state index in [4.69, 9.17) is 0 Å². The molecule has 1 N–H and O–H groups in total. The van der Waals surface area contributed by atoms with E-state index in [1.165, 1.54) is 4.88 Å². The monoisotopic (exact) mass is 307 g/mol. The summed E-state index contributed by atoms with van der Waals surface area (Å²) in [5.41, 5.74) is 4.27. The van der Waals surface area contributed by atoms with Crippen LogP contribution in [0.4, 0.5) is 15.8 Å². The number of nitrogens with one attached hydrogen (secondary N) is 1. The molecular formula is C16H22FN3S. The molecular weight excluding hydrogens is 285 g/mol. The maximum atomic E-state index is 14.2. The minimum Gasteiger partial charge on any atom is -0.378 e. The molecule has 1 aromatic heterocycles. The van der Waals surface area contributed by atoms with Gasteiger partial charge in [0, 0.05) is 23.7 Å². The molecule has 0 amide bonds. The zero-order chi connectivity index (χ0) is 15.6. The van der Waals surface area contributed by atoms with Crippen LogP contribution in [0.25, 0.3) is 0 Å². The Morgan fingerprint density at radius 2 is 2.00 bits per heavy atom. The number of nitrogens with zero attached hydrogens (tertiary/aromatic N) is 2. The number of rotatable bonds is 5. The molecule has 0 fully saturated rings. The Labute approximate surface area is 129 Å². The van der Waals surface area contributed by atoms with Gasteiger partial charge in [0.2, 0.25) is 0 Å². The number of halogens is 1. The molecule has 0 spiro atoms. The Bertz CT molecular complexity index is 609. The molecule has 114 valence electrons. The minimum atomic E-state index is -0.204. The third-order valence-electron chi connectivity index (χ3n) is 3.66. The average Bonchev–Trinajstić information content (AvgIpc) is 2.84. The fourth-order valence-electron chi connectivity index (χ4n) is 2.20. The molecule has 0 aliphatic heterocycles. The molecule has 3 nitrogen and oxygen atoms in total. The average molecular weight is 307 g/mol. The minimum absolute atomic E-state index is 0.116.